The van der Waals surface area contributed by atoms with Crippen LogP contribution in [0.5, 0.6) is 5.88 Å². The molecule has 0 spiro atoms. The van der Waals surface area contributed by atoms with Gasteiger partial charge in [0.05, 0.1) is 24.1 Å². The number of benzene rings is 2. The van der Waals surface area contributed by atoms with Crippen LogP contribution in [0.4, 0.5) is 13.2 Å². The second-order valence-corrected chi connectivity index (χ2v) is 5.89. The molecule has 1 aliphatic rings. The molecule has 3 aromatic rings. The number of methoxy groups -OCH3 is 1. The summed E-state index contributed by atoms with van der Waals surface area (Å²) in [6.45, 7) is 0. The van der Waals surface area contributed by atoms with Crippen molar-refractivity contribution < 1.29 is 27.5 Å². The molecule has 5 nitrogen and oxygen atoms in total. The van der Waals surface area contributed by atoms with Gasteiger partial charge in [-0.3, -0.25) is 9.59 Å². The van der Waals surface area contributed by atoms with E-state index >= 15 is 0 Å². The minimum atomic E-state index is -4.46. The number of hydrogen-bond donors (Lipinski definition) is 0. The van der Waals surface area contributed by atoms with Gasteiger partial charge in [0.15, 0.2) is 0 Å². The lowest BCUT2D eigenvalue weighted by Gasteiger charge is -2.16. The van der Waals surface area contributed by atoms with Crippen molar-refractivity contribution in [2.24, 2.45) is 0 Å². The van der Waals surface area contributed by atoms with Gasteiger partial charge < -0.3 is 4.74 Å². The van der Waals surface area contributed by atoms with Crippen LogP contribution >= 0.6 is 0 Å². The number of alkyl halides is 3. The van der Waals surface area contributed by atoms with Crippen LogP contribution in [-0.2, 0) is 6.18 Å². The molecule has 8 heteroatoms. The van der Waals surface area contributed by atoms with Gasteiger partial charge in [0.25, 0.3) is 0 Å². The molecule has 136 valence electrons. The summed E-state index contributed by atoms with van der Waals surface area (Å²) in [6, 6.07) is 10.9. The molecule has 0 fully saturated rings. The summed E-state index contributed by atoms with van der Waals surface area (Å²) in [7, 11) is 1.30. The van der Waals surface area contributed by atoms with Gasteiger partial charge >= 0.3 is 6.18 Å². The zero-order chi connectivity index (χ0) is 19.3. The summed E-state index contributed by atoms with van der Waals surface area (Å²) in [4.78, 5) is 24.9. The molecule has 27 heavy (non-hydrogen) atoms. The quantitative estimate of drug-likeness (QED) is 0.639. The van der Waals surface area contributed by atoms with E-state index in [9.17, 15) is 22.8 Å². The predicted molar refractivity (Wildman–Crippen MR) is 89.2 cm³/mol. The molecule has 1 heterocycles. The molecule has 0 N–H and O–H groups in total. The first-order valence-electron chi connectivity index (χ1n) is 7.86. The monoisotopic (exact) mass is 372 g/mol. The lowest BCUT2D eigenvalue weighted by Crippen LogP contribution is -2.21. The summed E-state index contributed by atoms with van der Waals surface area (Å²) in [6.07, 6.45) is -4.46. The summed E-state index contributed by atoms with van der Waals surface area (Å²) < 4.78 is 44.9. The summed E-state index contributed by atoms with van der Waals surface area (Å²) in [5.74, 6) is -1.50. The number of carbonyl (C=O) groups is 2. The topological polar surface area (TPSA) is 61.2 Å². The number of ketones is 2. The van der Waals surface area contributed by atoms with Crippen molar-refractivity contribution in [1.29, 1.82) is 0 Å². The number of hydrogen-bond acceptors (Lipinski definition) is 4. The molecule has 0 unspecified atom stereocenters. The fourth-order valence-electron chi connectivity index (χ4n) is 3.10. The zero-order valence-corrected chi connectivity index (χ0v) is 13.9. The Morgan fingerprint density at radius 2 is 1.56 bits per heavy atom. The average Bonchev–Trinajstić information content (AvgIpc) is 3.05. The highest BCUT2D eigenvalue weighted by molar-refractivity contribution is 6.53. The number of halogens is 3. The van der Waals surface area contributed by atoms with Crippen LogP contribution in [-0.4, -0.2) is 28.5 Å². The molecule has 0 aliphatic heterocycles. The van der Waals surface area contributed by atoms with E-state index in [1.165, 1.54) is 30.0 Å². The molecule has 0 saturated heterocycles. The van der Waals surface area contributed by atoms with Crippen molar-refractivity contribution in [2.75, 3.05) is 7.11 Å². The maximum absolute atomic E-state index is 12.8. The van der Waals surface area contributed by atoms with E-state index in [1.807, 2.05) is 0 Å². The zero-order valence-electron chi connectivity index (χ0n) is 13.9. The van der Waals surface area contributed by atoms with E-state index in [4.69, 9.17) is 4.74 Å². The Morgan fingerprint density at radius 3 is 2.15 bits per heavy atom. The molecule has 0 saturated carbocycles. The fraction of sp³-hybridized carbons (Fsp3) is 0.105. The smallest absolute Gasteiger partial charge is 0.416 e. The molecular weight excluding hydrogens is 361 g/mol. The molecule has 0 radical (unpaired) electrons. The van der Waals surface area contributed by atoms with Gasteiger partial charge in [0, 0.05) is 11.1 Å². The highest BCUT2D eigenvalue weighted by Crippen LogP contribution is 2.39. The molecule has 0 bridgehead atoms. The Kier molecular flexibility index (Phi) is 3.66. The number of carbonyl (C=O) groups excluding carboxylic acids is 2. The minimum absolute atomic E-state index is 0.00102. The van der Waals surface area contributed by atoms with Crippen LogP contribution < -0.4 is 4.74 Å². The van der Waals surface area contributed by atoms with Crippen LogP contribution in [0.2, 0.25) is 0 Å². The molecule has 1 aliphatic carbocycles. The lowest BCUT2D eigenvalue weighted by atomic mass is 9.88. The molecule has 2 aromatic carbocycles. The highest BCUT2D eigenvalue weighted by Gasteiger charge is 2.38. The van der Waals surface area contributed by atoms with Crippen LogP contribution in [0.1, 0.15) is 26.3 Å². The van der Waals surface area contributed by atoms with E-state index in [1.54, 1.807) is 18.2 Å². The lowest BCUT2D eigenvalue weighted by molar-refractivity contribution is -0.137. The third-order valence-electron chi connectivity index (χ3n) is 4.35. The van der Waals surface area contributed by atoms with Crippen LogP contribution in [0.3, 0.4) is 0 Å². The molecule has 0 atom stereocenters. The van der Waals surface area contributed by atoms with Gasteiger partial charge in [0.1, 0.15) is 5.56 Å². The highest BCUT2D eigenvalue weighted by atomic mass is 19.4. The van der Waals surface area contributed by atoms with Gasteiger partial charge in [-0.15, -0.1) is 5.10 Å². The van der Waals surface area contributed by atoms with Crippen molar-refractivity contribution in [2.45, 2.75) is 6.18 Å². The summed E-state index contributed by atoms with van der Waals surface area (Å²) in [5, 5.41) is 4.20. The third-order valence-corrected chi connectivity index (χ3v) is 4.35. The Labute approximate surface area is 151 Å². The largest absolute Gasteiger partial charge is 0.479 e. The summed E-state index contributed by atoms with van der Waals surface area (Å²) in [5.41, 5.74) is 0.497. The number of rotatable bonds is 2. The number of fused-ring (bicyclic) bond motifs is 3. The van der Waals surface area contributed by atoms with Gasteiger partial charge in [-0.05, 0) is 24.3 Å². The maximum atomic E-state index is 12.8. The van der Waals surface area contributed by atoms with E-state index in [0.29, 0.717) is 16.9 Å². The first-order chi connectivity index (χ1) is 12.8. The first kappa shape index (κ1) is 17.0. The van der Waals surface area contributed by atoms with Gasteiger partial charge in [0.2, 0.25) is 17.4 Å². The third kappa shape index (κ3) is 2.52. The SMILES string of the molecule is COc1nn(-c2ccc(C(F)(F)F)cc2)c2c1C(=O)C(=O)c1ccccc1-2. The van der Waals surface area contributed by atoms with Crippen molar-refractivity contribution in [3.8, 4) is 22.8 Å². The normalized spacial score (nSPS) is 13.3. The van der Waals surface area contributed by atoms with Gasteiger partial charge in [-0.25, -0.2) is 4.68 Å². The molecule has 4 rings (SSSR count). The Balaban J connectivity index is 1.97. The average molecular weight is 372 g/mol. The van der Waals surface area contributed by atoms with Crippen molar-refractivity contribution in [3.05, 3.63) is 65.2 Å². The van der Waals surface area contributed by atoms with Crippen molar-refractivity contribution in [3.63, 3.8) is 0 Å². The standard InChI is InChI=1S/C19H11F3N2O3/c1-27-18-14-15(12-4-2-3-5-13(12)16(25)17(14)26)24(23-18)11-8-6-10(7-9-11)19(20,21)22/h2-9H,1H3. The number of aromatic nitrogens is 2. The number of nitrogens with zero attached hydrogens (tertiary/aromatic N) is 2. The van der Waals surface area contributed by atoms with Crippen LogP contribution in [0.15, 0.2) is 48.5 Å². The molecule has 0 amide bonds. The molecular formula is C19H11F3N2O3. The van der Waals surface area contributed by atoms with Crippen molar-refractivity contribution in [1.82, 2.24) is 9.78 Å². The number of ether oxygens (including phenoxy) is 1. The van der Waals surface area contributed by atoms with Crippen molar-refractivity contribution >= 4 is 11.6 Å². The van der Waals surface area contributed by atoms with Crippen LogP contribution in [0, 0.1) is 0 Å². The Morgan fingerprint density at radius 1 is 0.926 bits per heavy atom. The second kappa shape index (κ2) is 5.80. The van der Waals surface area contributed by atoms with E-state index in [0.717, 1.165) is 12.1 Å². The Bertz CT molecular complexity index is 1080. The predicted octanol–water partition coefficient (Wildman–Crippen LogP) is 3.95. The van der Waals surface area contributed by atoms with Gasteiger partial charge in [-0.1, -0.05) is 24.3 Å². The maximum Gasteiger partial charge on any atom is 0.416 e. The second-order valence-electron chi connectivity index (χ2n) is 5.89. The summed E-state index contributed by atoms with van der Waals surface area (Å²) >= 11 is 0. The number of Topliss-reactive ketones (excluding diaryl/α,β-unsaturated/α-hetero) is 2. The van der Waals surface area contributed by atoms with E-state index in [2.05, 4.69) is 5.10 Å². The first-order valence-corrected chi connectivity index (χ1v) is 7.86. The van der Waals surface area contributed by atoms with E-state index < -0.39 is 23.3 Å². The van der Waals surface area contributed by atoms with Crippen LogP contribution in [0.25, 0.3) is 16.9 Å². The minimum Gasteiger partial charge on any atom is -0.479 e. The molecule has 1 aromatic heterocycles. The van der Waals surface area contributed by atoms with E-state index in [-0.39, 0.29) is 17.0 Å². The fourth-order valence-corrected chi connectivity index (χ4v) is 3.10. The van der Waals surface area contributed by atoms with Gasteiger partial charge in [-0.2, -0.15) is 13.2 Å². The Hall–Kier alpha value is -3.42.